The van der Waals surface area contributed by atoms with Gasteiger partial charge >= 0.3 is 0 Å². The van der Waals surface area contributed by atoms with Gasteiger partial charge in [-0.1, -0.05) is 6.92 Å². The van der Waals surface area contributed by atoms with Gasteiger partial charge in [0.2, 0.25) is 0 Å². The average molecular weight is 293 g/mol. The highest BCUT2D eigenvalue weighted by Gasteiger charge is 2.12. The molecule has 3 N–H and O–H groups in total. The van der Waals surface area contributed by atoms with Crippen LogP contribution >= 0.6 is 11.3 Å². The summed E-state index contributed by atoms with van der Waals surface area (Å²) in [6, 6.07) is 0. The van der Waals surface area contributed by atoms with Crippen molar-refractivity contribution in [2.45, 2.75) is 26.3 Å². The third kappa shape index (κ3) is 3.43. The van der Waals surface area contributed by atoms with E-state index in [1.807, 2.05) is 20.2 Å². The van der Waals surface area contributed by atoms with Gasteiger partial charge in [-0.05, 0) is 13.0 Å². The maximum Gasteiger partial charge on any atom is 0.271 e. The van der Waals surface area contributed by atoms with Crippen LogP contribution in [0.25, 0.3) is 0 Å². The molecule has 0 bridgehead atoms. The summed E-state index contributed by atoms with van der Waals surface area (Å²) in [5.41, 5.74) is 7.98. The number of aryl methyl sites for hydroxylation is 2. The second-order valence-electron chi connectivity index (χ2n) is 4.48. The fraction of sp³-hybridized carbons (Fsp3) is 0.462. The molecule has 7 heteroatoms. The van der Waals surface area contributed by atoms with E-state index in [1.165, 1.54) is 11.3 Å². The van der Waals surface area contributed by atoms with Crippen LogP contribution in [0.15, 0.2) is 11.6 Å². The third-order valence-corrected chi connectivity index (χ3v) is 3.82. The molecule has 1 amide bonds. The first-order valence-electron chi connectivity index (χ1n) is 6.58. The Morgan fingerprint density at radius 1 is 1.55 bits per heavy atom. The fourth-order valence-electron chi connectivity index (χ4n) is 1.95. The molecule has 108 valence electrons. The summed E-state index contributed by atoms with van der Waals surface area (Å²) >= 11 is 1.47. The third-order valence-electron chi connectivity index (χ3n) is 2.91. The number of carbonyl (C=O) groups is 1. The minimum Gasteiger partial charge on any atom is -0.346 e. The summed E-state index contributed by atoms with van der Waals surface area (Å²) in [5, 5.41) is 9.89. The molecule has 0 radical (unpaired) electrons. The number of aromatic nitrogens is 3. The molecule has 0 unspecified atom stereocenters. The molecule has 20 heavy (non-hydrogen) atoms. The summed E-state index contributed by atoms with van der Waals surface area (Å²) in [4.78, 5) is 16.3. The van der Waals surface area contributed by atoms with Crippen molar-refractivity contribution in [3.8, 4) is 0 Å². The van der Waals surface area contributed by atoms with Gasteiger partial charge in [0.15, 0.2) is 0 Å². The van der Waals surface area contributed by atoms with E-state index in [4.69, 9.17) is 5.73 Å². The number of amides is 1. The molecule has 0 fully saturated rings. The van der Waals surface area contributed by atoms with Crippen LogP contribution in [0.5, 0.6) is 0 Å². The number of nitrogens with zero attached hydrogens (tertiary/aromatic N) is 3. The molecule has 0 atom stereocenters. The standard InChI is InChI=1S/C13H19N5OS/c1-3-10-9(7-18(2)17-10)6-15-13(19)11-8-20-12(16-11)4-5-14/h7-8H,3-6,14H2,1-2H3,(H,15,19). The summed E-state index contributed by atoms with van der Waals surface area (Å²) in [5.74, 6) is -0.157. The van der Waals surface area contributed by atoms with Gasteiger partial charge in [0.1, 0.15) is 5.69 Å². The number of nitrogens with one attached hydrogen (secondary N) is 1. The predicted molar refractivity (Wildman–Crippen MR) is 78.6 cm³/mol. The van der Waals surface area contributed by atoms with Gasteiger partial charge in [-0.15, -0.1) is 11.3 Å². The van der Waals surface area contributed by atoms with Crippen molar-refractivity contribution in [1.29, 1.82) is 0 Å². The zero-order chi connectivity index (χ0) is 14.5. The summed E-state index contributed by atoms with van der Waals surface area (Å²) < 4.78 is 1.77. The highest BCUT2D eigenvalue weighted by molar-refractivity contribution is 7.09. The Morgan fingerprint density at radius 2 is 2.35 bits per heavy atom. The molecule has 0 spiro atoms. The van der Waals surface area contributed by atoms with Gasteiger partial charge in [-0.3, -0.25) is 9.48 Å². The van der Waals surface area contributed by atoms with Crippen LogP contribution in [0.3, 0.4) is 0 Å². The maximum atomic E-state index is 12.0. The lowest BCUT2D eigenvalue weighted by atomic mass is 10.2. The first-order chi connectivity index (χ1) is 9.63. The van der Waals surface area contributed by atoms with E-state index in [0.29, 0.717) is 25.2 Å². The molecule has 2 aromatic heterocycles. The number of carbonyl (C=O) groups excluding carboxylic acids is 1. The smallest absolute Gasteiger partial charge is 0.271 e. The highest BCUT2D eigenvalue weighted by Crippen LogP contribution is 2.11. The normalized spacial score (nSPS) is 10.8. The summed E-state index contributed by atoms with van der Waals surface area (Å²) in [6.45, 7) is 3.07. The predicted octanol–water partition coefficient (Wildman–Crippen LogP) is 0.870. The summed E-state index contributed by atoms with van der Waals surface area (Å²) in [6.07, 6.45) is 3.49. The van der Waals surface area contributed by atoms with Gasteiger partial charge in [0.25, 0.3) is 5.91 Å². The van der Waals surface area contributed by atoms with Gasteiger partial charge in [0.05, 0.1) is 10.7 Å². The second kappa shape index (κ2) is 6.62. The Hall–Kier alpha value is -1.73. The van der Waals surface area contributed by atoms with Crippen molar-refractivity contribution in [3.63, 3.8) is 0 Å². The Balaban J connectivity index is 1.97. The SMILES string of the molecule is CCc1nn(C)cc1CNC(=O)c1csc(CCN)n1. The minimum atomic E-state index is -0.157. The molecule has 0 aliphatic carbocycles. The van der Waals surface area contributed by atoms with Crippen molar-refractivity contribution in [1.82, 2.24) is 20.1 Å². The molecule has 0 aliphatic heterocycles. The quantitative estimate of drug-likeness (QED) is 0.827. The van der Waals surface area contributed by atoms with Crippen LogP contribution in [0, 0.1) is 0 Å². The molecule has 0 aromatic carbocycles. The second-order valence-corrected chi connectivity index (χ2v) is 5.42. The van der Waals surface area contributed by atoms with E-state index in [0.717, 1.165) is 22.7 Å². The van der Waals surface area contributed by atoms with E-state index in [2.05, 4.69) is 15.4 Å². The zero-order valence-electron chi connectivity index (χ0n) is 11.7. The van der Waals surface area contributed by atoms with E-state index in [-0.39, 0.29) is 5.91 Å². The molecule has 2 rings (SSSR count). The summed E-state index contributed by atoms with van der Waals surface area (Å²) in [7, 11) is 1.88. The lowest BCUT2D eigenvalue weighted by Gasteiger charge is -2.02. The van der Waals surface area contributed by atoms with E-state index in [9.17, 15) is 4.79 Å². The highest BCUT2D eigenvalue weighted by atomic mass is 32.1. The van der Waals surface area contributed by atoms with Crippen LogP contribution < -0.4 is 11.1 Å². The number of nitrogens with two attached hydrogens (primary N) is 1. The monoisotopic (exact) mass is 293 g/mol. The van der Waals surface area contributed by atoms with Crippen molar-refractivity contribution >= 4 is 17.2 Å². The number of rotatable bonds is 6. The molecular formula is C13H19N5OS. The lowest BCUT2D eigenvalue weighted by Crippen LogP contribution is -2.23. The number of hydrogen-bond acceptors (Lipinski definition) is 5. The Labute approximate surface area is 122 Å². The topological polar surface area (TPSA) is 85.8 Å². The van der Waals surface area contributed by atoms with Gasteiger partial charge in [0, 0.05) is 37.2 Å². The Morgan fingerprint density at radius 3 is 3.05 bits per heavy atom. The van der Waals surface area contributed by atoms with Crippen molar-refractivity contribution in [3.05, 3.63) is 33.5 Å². The van der Waals surface area contributed by atoms with Crippen molar-refractivity contribution < 1.29 is 4.79 Å². The van der Waals surface area contributed by atoms with E-state index < -0.39 is 0 Å². The van der Waals surface area contributed by atoms with Crippen molar-refractivity contribution in [2.24, 2.45) is 12.8 Å². The van der Waals surface area contributed by atoms with Crippen molar-refractivity contribution in [2.75, 3.05) is 6.54 Å². The number of hydrogen-bond donors (Lipinski definition) is 2. The van der Waals surface area contributed by atoms with E-state index >= 15 is 0 Å². The van der Waals surface area contributed by atoms with Crippen LogP contribution in [-0.4, -0.2) is 27.2 Å². The molecule has 0 aliphatic rings. The average Bonchev–Trinajstić information content (AvgIpc) is 3.03. The zero-order valence-corrected chi connectivity index (χ0v) is 12.5. The maximum absolute atomic E-state index is 12.0. The van der Waals surface area contributed by atoms with Gasteiger partial charge in [-0.25, -0.2) is 4.98 Å². The molecule has 2 heterocycles. The minimum absolute atomic E-state index is 0.157. The Bertz CT molecular complexity index is 589. The van der Waals surface area contributed by atoms with Crippen LogP contribution in [-0.2, 0) is 26.4 Å². The first-order valence-corrected chi connectivity index (χ1v) is 7.46. The van der Waals surface area contributed by atoms with Gasteiger partial charge in [-0.2, -0.15) is 5.10 Å². The molecule has 6 nitrogen and oxygen atoms in total. The van der Waals surface area contributed by atoms with Gasteiger partial charge < -0.3 is 11.1 Å². The number of thiazole rings is 1. The Kier molecular flexibility index (Phi) is 4.86. The van der Waals surface area contributed by atoms with E-state index in [1.54, 1.807) is 10.1 Å². The fourth-order valence-corrected chi connectivity index (χ4v) is 2.74. The molecule has 0 saturated heterocycles. The lowest BCUT2D eigenvalue weighted by molar-refractivity contribution is 0.0946. The van der Waals surface area contributed by atoms with Crippen LogP contribution in [0.2, 0.25) is 0 Å². The first kappa shape index (κ1) is 14.7. The van der Waals surface area contributed by atoms with Crippen LogP contribution in [0.1, 0.15) is 33.7 Å². The largest absolute Gasteiger partial charge is 0.346 e. The van der Waals surface area contributed by atoms with Crippen LogP contribution in [0.4, 0.5) is 0 Å². The molecule has 2 aromatic rings. The molecular weight excluding hydrogens is 274 g/mol. The molecule has 0 saturated carbocycles.